The van der Waals surface area contributed by atoms with Gasteiger partial charge in [-0.2, -0.15) is 0 Å². The molecule has 4 N–H and O–H groups in total. The lowest BCUT2D eigenvalue weighted by Gasteiger charge is -2.44. The summed E-state index contributed by atoms with van der Waals surface area (Å²) in [6, 6.07) is 0. The van der Waals surface area contributed by atoms with Gasteiger partial charge in [0.1, 0.15) is 0 Å². The van der Waals surface area contributed by atoms with Crippen molar-refractivity contribution in [1.82, 2.24) is 0 Å². The molecule has 0 bridgehead atoms. The summed E-state index contributed by atoms with van der Waals surface area (Å²) in [4.78, 5) is 0. The Balaban J connectivity index is 1.68. The molecule has 0 spiro atoms. The lowest BCUT2D eigenvalue weighted by Crippen LogP contribution is -2.36. The highest BCUT2D eigenvalue weighted by Gasteiger charge is 2.50. The van der Waals surface area contributed by atoms with Crippen LogP contribution in [0.4, 0.5) is 0 Å². The van der Waals surface area contributed by atoms with Crippen LogP contribution in [0, 0.1) is 23.2 Å². The van der Waals surface area contributed by atoms with Crippen LogP contribution in [0.25, 0.3) is 0 Å². The monoisotopic (exact) mass is 432 g/mol. The van der Waals surface area contributed by atoms with Gasteiger partial charge in [-0.3, -0.25) is 0 Å². The Labute approximate surface area is 188 Å². The summed E-state index contributed by atoms with van der Waals surface area (Å²) in [5.74, 6) is 1.92. The predicted molar refractivity (Wildman–Crippen MR) is 125 cm³/mol. The predicted octanol–water partition coefficient (Wildman–Crippen LogP) is 4.68. The SMILES string of the molecule is C=C1/C(=C\C=C2/CCC[C@]3(C)[C@@H]([C@H](C)CCCC(C)(O)CO)CC[C@@H]23)C[C@@H](O)C[C@@H]1O. The van der Waals surface area contributed by atoms with Gasteiger partial charge in [0.2, 0.25) is 0 Å². The number of rotatable bonds is 7. The molecule has 0 aromatic heterocycles. The van der Waals surface area contributed by atoms with Crippen LogP contribution in [0.15, 0.2) is 35.5 Å². The molecular formula is C27H44O4. The normalized spacial score (nSPS) is 39.5. The van der Waals surface area contributed by atoms with Crippen LogP contribution >= 0.6 is 0 Å². The molecule has 4 heteroatoms. The number of fused-ring (bicyclic) bond motifs is 1. The Morgan fingerprint density at radius 1 is 1.26 bits per heavy atom. The Morgan fingerprint density at radius 2 is 2.00 bits per heavy atom. The highest BCUT2D eigenvalue weighted by molar-refractivity contribution is 5.38. The van der Waals surface area contributed by atoms with E-state index in [-0.39, 0.29) is 6.61 Å². The molecule has 7 atom stereocenters. The van der Waals surface area contributed by atoms with E-state index >= 15 is 0 Å². The lowest BCUT2D eigenvalue weighted by molar-refractivity contribution is -0.00891. The van der Waals surface area contributed by atoms with Gasteiger partial charge < -0.3 is 20.4 Å². The van der Waals surface area contributed by atoms with Crippen molar-refractivity contribution < 1.29 is 20.4 Å². The third kappa shape index (κ3) is 5.52. The van der Waals surface area contributed by atoms with Crippen molar-refractivity contribution in [3.63, 3.8) is 0 Å². The van der Waals surface area contributed by atoms with Crippen molar-refractivity contribution in [3.8, 4) is 0 Å². The number of hydrogen-bond acceptors (Lipinski definition) is 4. The first-order chi connectivity index (χ1) is 14.6. The van der Waals surface area contributed by atoms with Gasteiger partial charge >= 0.3 is 0 Å². The molecule has 3 rings (SSSR count). The van der Waals surface area contributed by atoms with E-state index in [1.165, 1.54) is 31.3 Å². The summed E-state index contributed by atoms with van der Waals surface area (Å²) in [7, 11) is 0. The molecule has 3 fully saturated rings. The molecule has 3 aliphatic rings. The van der Waals surface area contributed by atoms with E-state index in [1.807, 2.05) is 0 Å². The van der Waals surface area contributed by atoms with Crippen LogP contribution in [-0.4, -0.2) is 44.8 Å². The minimum atomic E-state index is -0.958. The first kappa shape index (κ1) is 24.7. The van der Waals surface area contributed by atoms with Gasteiger partial charge in [0.15, 0.2) is 0 Å². The minimum absolute atomic E-state index is 0.172. The van der Waals surface area contributed by atoms with Gasteiger partial charge in [0.25, 0.3) is 0 Å². The van der Waals surface area contributed by atoms with Gasteiger partial charge in [0.05, 0.1) is 24.4 Å². The van der Waals surface area contributed by atoms with E-state index in [4.69, 9.17) is 0 Å². The van der Waals surface area contributed by atoms with Crippen molar-refractivity contribution in [3.05, 3.63) is 35.5 Å². The molecule has 3 saturated carbocycles. The molecule has 0 heterocycles. The second-order valence-corrected chi connectivity index (χ2v) is 11.2. The Bertz CT molecular complexity index is 706. The molecule has 0 saturated heterocycles. The topological polar surface area (TPSA) is 80.9 Å². The Morgan fingerprint density at radius 3 is 2.71 bits per heavy atom. The number of aliphatic hydroxyl groups is 4. The van der Waals surface area contributed by atoms with Crippen molar-refractivity contribution in [1.29, 1.82) is 0 Å². The van der Waals surface area contributed by atoms with Crippen LogP contribution in [0.1, 0.15) is 85.0 Å². The minimum Gasteiger partial charge on any atom is -0.393 e. The van der Waals surface area contributed by atoms with Crippen LogP contribution in [0.3, 0.4) is 0 Å². The van der Waals surface area contributed by atoms with Crippen molar-refractivity contribution in [2.45, 2.75) is 103 Å². The summed E-state index contributed by atoms with van der Waals surface area (Å²) in [6.07, 6.45) is 13.1. The van der Waals surface area contributed by atoms with Crippen molar-refractivity contribution >= 4 is 0 Å². The zero-order chi connectivity index (χ0) is 22.8. The Kier molecular flexibility index (Phi) is 7.89. The van der Waals surface area contributed by atoms with Gasteiger partial charge in [-0.25, -0.2) is 0 Å². The summed E-state index contributed by atoms with van der Waals surface area (Å²) in [6.45, 7) is 10.5. The zero-order valence-electron chi connectivity index (χ0n) is 19.8. The van der Waals surface area contributed by atoms with Gasteiger partial charge in [-0.1, -0.05) is 51.0 Å². The second kappa shape index (κ2) is 9.91. The van der Waals surface area contributed by atoms with E-state index in [0.717, 1.165) is 30.4 Å². The molecule has 176 valence electrons. The van der Waals surface area contributed by atoms with E-state index in [2.05, 4.69) is 32.6 Å². The fourth-order valence-electron chi connectivity index (χ4n) is 6.76. The number of hydrogen-bond donors (Lipinski definition) is 4. The third-order valence-corrected chi connectivity index (χ3v) is 8.70. The molecule has 1 unspecified atom stereocenters. The quantitative estimate of drug-likeness (QED) is 0.471. The molecule has 4 nitrogen and oxygen atoms in total. The third-order valence-electron chi connectivity index (χ3n) is 8.70. The molecule has 31 heavy (non-hydrogen) atoms. The lowest BCUT2D eigenvalue weighted by atomic mass is 9.60. The highest BCUT2D eigenvalue weighted by Crippen LogP contribution is 2.60. The van der Waals surface area contributed by atoms with Gasteiger partial charge in [0, 0.05) is 6.42 Å². The van der Waals surface area contributed by atoms with E-state index in [0.29, 0.717) is 42.4 Å². The molecule has 0 aliphatic heterocycles. The standard InChI is InChI=1S/C27H44O4/c1-18(7-5-13-26(3,31)17-28)23-11-12-24-20(8-6-14-27(23,24)4)9-10-21-15-22(29)16-25(30)19(21)2/h9-10,18,22-25,28-31H,2,5-8,11-17H2,1,3-4H3/b20-9+,21-10-/t18-,22-,23-,24+,25+,26?,27-/m1/s1. The molecule has 0 aromatic carbocycles. The van der Waals surface area contributed by atoms with Crippen molar-refractivity contribution in [2.24, 2.45) is 23.2 Å². The fraction of sp³-hybridized carbons (Fsp3) is 0.778. The first-order valence-electron chi connectivity index (χ1n) is 12.4. The molecule has 0 aromatic rings. The van der Waals surface area contributed by atoms with E-state index in [9.17, 15) is 20.4 Å². The second-order valence-electron chi connectivity index (χ2n) is 11.2. The molecule has 0 radical (unpaired) electrons. The number of allylic oxidation sites excluding steroid dienone is 3. The van der Waals surface area contributed by atoms with Gasteiger partial charge in [-0.05, 0) is 86.2 Å². The van der Waals surface area contributed by atoms with E-state index < -0.39 is 17.8 Å². The maximum atomic E-state index is 10.1. The summed E-state index contributed by atoms with van der Waals surface area (Å²) >= 11 is 0. The number of aliphatic hydroxyl groups excluding tert-OH is 3. The molecule has 3 aliphatic carbocycles. The van der Waals surface area contributed by atoms with Crippen molar-refractivity contribution in [2.75, 3.05) is 6.61 Å². The smallest absolute Gasteiger partial charge is 0.0849 e. The van der Waals surface area contributed by atoms with Crippen LogP contribution in [0.5, 0.6) is 0 Å². The highest BCUT2D eigenvalue weighted by atomic mass is 16.3. The maximum absolute atomic E-state index is 10.1. The molecule has 0 amide bonds. The fourth-order valence-corrected chi connectivity index (χ4v) is 6.76. The summed E-state index contributed by atoms with van der Waals surface area (Å²) in [5, 5.41) is 39.5. The van der Waals surface area contributed by atoms with Crippen LogP contribution in [-0.2, 0) is 0 Å². The molecular weight excluding hydrogens is 388 g/mol. The maximum Gasteiger partial charge on any atom is 0.0849 e. The van der Waals surface area contributed by atoms with E-state index in [1.54, 1.807) is 6.92 Å². The Hall–Kier alpha value is -0.940. The average molecular weight is 433 g/mol. The van der Waals surface area contributed by atoms with Crippen LogP contribution < -0.4 is 0 Å². The average Bonchev–Trinajstić information content (AvgIpc) is 3.07. The van der Waals surface area contributed by atoms with Crippen LogP contribution in [0.2, 0.25) is 0 Å². The van der Waals surface area contributed by atoms with Gasteiger partial charge in [-0.15, -0.1) is 0 Å². The summed E-state index contributed by atoms with van der Waals surface area (Å²) in [5.41, 5.74) is 2.65. The zero-order valence-corrected chi connectivity index (χ0v) is 19.8. The first-order valence-corrected chi connectivity index (χ1v) is 12.4. The summed E-state index contributed by atoms with van der Waals surface area (Å²) < 4.78 is 0. The largest absolute Gasteiger partial charge is 0.393 e.